The lowest BCUT2D eigenvalue weighted by Crippen LogP contribution is -2.01. The predicted octanol–water partition coefficient (Wildman–Crippen LogP) is 1.02. The van der Waals surface area contributed by atoms with Crippen LogP contribution >= 0.6 is 22.3 Å². The molecule has 92 valence electrons. The fraction of sp³-hybridized carbons (Fsp3) is 0.286. The second-order valence-corrected chi connectivity index (χ2v) is 5.89. The highest BCUT2D eigenvalue weighted by atomic mass is 35.7. The van der Waals surface area contributed by atoms with Gasteiger partial charge in [0.15, 0.2) is 5.65 Å². The Labute approximate surface area is 106 Å². The number of ether oxygens (including phenoxy) is 1. The molecule has 17 heavy (non-hydrogen) atoms. The summed E-state index contributed by atoms with van der Waals surface area (Å²) < 4.78 is 28.3. The van der Waals surface area contributed by atoms with Crippen molar-refractivity contribution in [2.75, 3.05) is 7.11 Å². The molecule has 10 heteroatoms. The zero-order chi connectivity index (χ0) is 12.8. The summed E-state index contributed by atoms with van der Waals surface area (Å²) >= 11 is 5.93. The highest BCUT2D eigenvalue weighted by molar-refractivity contribution is 8.13. The summed E-state index contributed by atoms with van der Waals surface area (Å²) in [5.41, 5.74) is 0.121. The Balaban J connectivity index is 2.86. The fourth-order valence-electron chi connectivity index (χ4n) is 1.24. The highest BCUT2D eigenvalue weighted by Crippen LogP contribution is 2.27. The molecule has 2 heterocycles. The van der Waals surface area contributed by atoms with E-state index in [1.807, 2.05) is 0 Å². The monoisotopic (exact) mass is 296 g/mol. The van der Waals surface area contributed by atoms with Crippen LogP contribution in [0.1, 0.15) is 5.82 Å². The van der Waals surface area contributed by atoms with Crippen molar-refractivity contribution in [3.05, 3.63) is 10.8 Å². The number of fused-ring (bicyclic) bond motifs is 1. The second-order valence-electron chi connectivity index (χ2n) is 3.05. The van der Waals surface area contributed by atoms with Gasteiger partial charge in [-0.1, -0.05) is 11.6 Å². The van der Waals surface area contributed by atoms with Crippen molar-refractivity contribution < 1.29 is 13.2 Å². The summed E-state index contributed by atoms with van der Waals surface area (Å²) in [5, 5.41) is 3.24. The molecule has 2 aromatic heterocycles. The minimum Gasteiger partial charge on any atom is -0.480 e. The third-order valence-electron chi connectivity index (χ3n) is 1.95. The van der Waals surface area contributed by atoms with Crippen molar-refractivity contribution >= 4 is 37.0 Å². The molecule has 7 nitrogen and oxygen atoms in total. The number of nitrogens with zero attached hydrogens (tertiary/aromatic N) is 4. The minimum atomic E-state index is -4.02. The van der Waals surface area contributed by atoms with E-state index in [1.54, 1.807) is 6.92 Å². The van der Waals surface area contributed by atoms with Crippen molar-refractivity contribution in [1.82, 2.24) is 19.6 Å². The largest absolute Gasteiger partial charge is 0.480 e. The zero-order valence-electron chi connectivity index (χ0n) is 8.68. The first kappa shape index (κ1) is 12.3. The van der Waals surface area contributed by atoms with E-state index in [0.717, 1.165) is 0 Å². The van der Waals surface area contributed by atoms with Gasteiger partial charge in [-0.15, -0.1) is 5.10 Å². The Morgan fingerprint density at radius 1 is 1.35 bits per heavy atom. The number of rotatable bonds is 2. The van der Waals surface area contributed by atoms with Crippen LogP contribution in [0.2, 0.25) is 5.02 Å². The van der Waals surface area contributed by atoms with Gasteiger partial charge in [0, 0.05) is 10.7 Å². The van der Waals surface area contributed by atoms with Crippen LogP contribution in [0, 0.1) is 6.92 Å². The van der Waals surface area contributed by atoms with Gasteiger partial charge < -0.3 is 4.74 Å². The number of halogens is 2. The van der Waals surface area contributed by atoms with Gasteiger partial charge in [-0.3, -0.25) is 0 Å². The van der Waals surface area contributed by atoms with Crippen LogP contribution in [0.5, 0.6) is 5.88 Å². The van der Waals surface area contributed by atoms with Gasteiger partial charge >= 0.3 is 0 Å². The Morgan fingerprint density at radius 3 is 2.53 bits per heavy atom. The van der Waals surface area contributed by atoms with Crippen molar-refractivity contribution in [3.8, 4) is 5.88 Å². The quantitative estimate of drug-likeness (QED) is 0.769. The van der Waals surface area contributed by atoms with E-state index in [2.05, 4.69) is 15.1 Å². The Hall–Kier alpha value is -1.12. The molecular formula is C7H6Cl2N4O3S. The van der Waals surface area contributed by atoms with Crippen LogP contribution in [0.4, 0.5) is 0 Å². The van der Waals surface area contributed by atoms with Crippen molar-refractivity contribution in [3.63, 3.8) is 0 Å². The number of methoxy groups -OCH3 is 1. The Morgan fingerprint density at radius 2 is 2.00 bits per heavy atom. The highest BCUT2D eigenvalue weighted by Gasteiger charge is 2.21. The van der Waals surface area contributed by atoms with E-state index in [1.165, 1.54) is 11.6 Å². The zero-order valence-corrected chi connectivity index (χ0v) is 11.0. The number of aryl methyl sites for hydroxylation is 1. The average molecular weight is 297 g/mol. The summed E-state index contributed by atoms with van der Waals surface area (Å²) in [6.45, 7) is 1.60. The van der Waals surface area contributed by atoms with Crippen molar-refractivity contribution in [1.29, 1.82) is 0 Å². The average Bonchev–Trinajstić information content (AvgIpc) is 2.68. The van der Waals surface area contributed by atoms with Crippen LogP contribution in [0.25, 0.3) is 5.65 Å². The molecule has 0 aliphatic heterocycles. The van der Waals surface area contributed by atoms with Gasteiger partial charge in [-0.25, -0.2) is 8.42 Å². The van der Waals surface area contributed by atoms with E-state index in [-0.39, 0.29) is 16.5 Å². The lowest BCUT2D eigenvalue weighted by atomic mass is 10.5. The molecule has 0 spiro atoms. The molecule has 0 saturated carbocycles. The van der Waals surface area contributed by atoms with E-state index >= 15 is 0 Å². The fourth-order valence-corrected chi connectivity index (χ4v) is 2.05. The first-order chi connectivity index (χ1) is 7.84. The summed E-state index contributed by atoms with van der Waals surface area (Å²) in [7, 11) is 2.52. The van der Waals surface area contributed by atoms with E-state index < -0.39 is 14.2 Å². The lowest BCUT2D eigenvalue weighted by molar-refractivity contribution is 0.395. The molecule has 0 aliphatic rings. The SMILES string of the molecule is COc1nc(C)n2nc(S(=O)(=O)Cl)nc2c1Cl. The summed E-state index contributed by atoms with van der Waals surface area (Å²) in [6.07, 6.45) is 0. The molecule has 2 rings (SSSR count). The molecule has 2 aromatic rings. The number of hydrogen-bond acceptors (Lipinski definition) is 6. The standard InChI is InChI=1S/C7H6Cl2N4O3S/c1-3-10-6(16-2)4(8)5-11-7(12-13(3)5)17(9,14)15/h1-2H3. The number of aromatic nitrogens is 4. The molecule has 0 N–H and O–H groups in total. The topological polar surface area (TPSA) is 86.5 Å². The molecular weight excluding hydrogens is 291 g/mol. The smallest absolute Gasteiger partial charge is 0.298 e. The Bertz CT molecular complexity index is 697. The third kappa shape index (κ3) is 2.03. The van der Waals surface area contributed by atoms with Gasteiger partial charge in [0.2, 0.25) is 5.88 Å². The summed E-state index contributed by atoms with van der Waals surface area (Å²) in [6, 6.07) is 0. The third-order valence-corrected chi connectivity index (χ3v) is 3.31. The minimum absolute atomic E-state index is 0.0668. The first-order valence-electron chi connectivity index (χ1n) is 4.26. The molecule has 0 saturated heterocycles. The molecule has 0 aromatic carbocycles. The van der Waals surface area contributed by atoms with Gasteiger partial charge in [-0.05, 0) is 6.92 Å². The maximum absolute atomic E-state index is 11.1. The summed E-state index contributed by atoms with van der Waals surface area (Å²) in [4.78, 5) is 7.72. The molecule has 0 radical (unpaired) electrons. The maximum Gasteiger partial charge on any atom is 0.298 e. The molecule has 0 fully saturated rings. The van der Waals surface area contributed by atoms with E-state index in [0.29, 0.717) is 5.82 Å². The van der Waals surface area contributed by atoms with Gasteiger partial charge in [0.1, 0.15) is 10.8 Å². The van der Waals surface area contributed by atoms with Crippen LogP contribution in [0.15, 0.2) is 5.16 Å². The molecule has 0 unspecified atom stereocenters. The van der Waals surface area contributed by atoms with Crippen molar-refractivity contribution in [2.24, 2.45) is 0 Å². The lowest BCUT2D eigenvalue weighted by Gasteiger charge is -2.04. The predicted molar refractivity (Wildman–Crippen MR) is 60.1 cm³/mol. The van der Waals surface area contributed by atoms with Crippen LogP contribution < -0.4 is 4.74 Å². The maximum atomic E-state index is 11.1. The Kier molecular flexibility index (Phi) is 2.88. The first-order valence-corrected chi connectivity index (χ1v) is 6.95. The normalized spacial score (nSPS) is 12.0. The molecule has 0 atom stereocenters. The molecule has 0 bridgehead atoms. The second kappa shape index (κ2) is 3.97. The van der Waals surface area contributed by atoms with Gasteiger partial charge in [0.05, 0.1) is 7.11 Å². The number of hydrogen-bond donors (Lipinski definition) is 0. The summed E-state index contributed by atoms with van der Waals surface area (Å²) in [5.74, 6) is 0.517. The van der Waals surface area contributed by atoms with E-state index in [4.69, 9.17) is 27.0 Å². The van der Waals surface area contributed by atoms with Crippen LogP contribution in [-0.2, 0) is 9.05 Å². The van der Waals surface area contributed by atoms with Gasteiger partial charge in [-0.2, -0.15) is 14.5 Å². The van der Waals surface area contributed by atoms with E-state index in [9.17, 15) is 8.42 Å². The van der Waals surface area contributed by atoms with Gasteiger partial charge in [0.25, 0.3) is 14.2 Å². The molecule has 0 amide bonds. The molecule has 0 aliphatic carbocycles. The van der Waals surface area contributed by atoms with Crippen molar-refractivity contribution in [2.45, 2.75) is 12.1 Å². The van der Waals surface area contributed by atoms with Crippen LogP contribution in [-0.4, -0.2) is 35.1 Å². The van der Waals surface area contributed by atoms with Crippen LogP contribution in [0.3, 0.4) is 0 Å².